The van der Waals surface area contributed by atoms with Gasteiger partial charge in [-0.15, -0.1) is 0 Å². The fourth-order valence-corrected chi connectivity index (χ4v) is 6.59. The summed E-state index contributed by atoms with van der Waals surface area (Å²) in [5, 5.41) is 9.31. The molecule has 212 valence electrons. The Hall–Kier alpha value is -4.48. The molecule has 41 heavy (non-hydrogen) atoms. The number of Topliss-reactive ketones (excluding diaryl/α,β-unsaturated/α-hetero) is 1. The van der Waals surface area contributed by atoms with E-state index in [1.54, 1.807) is 68.0 Å². The summed E-state index contributed by atoms with van der Waals surface area (Å²) in [6, 6.07) is 15.0. The number of aromatic carboxylic acids is 1. The maximum absolute atomic E-state index is 14.9. The first-order valence-electron chi connectivity index (χ1n) is 13.0. The highest BCUT2D eigenvalue weighted by Gasteiger charge is 2.75. The lowest BCUT2D eigenvalue weighted by Crippen LogP contribution is -2.75. The van der Waals surface area contributed by atoms with Gasteiger partial charge in [-0.05, 0) is 49.0 Å². The Kier molecular flexibility index (Phi) is 7.41. The zero-order valence-electron chi connectivity index (χ0n) is 22.9. The second-order valence-electron chi connectivity index (χ2n) is 10.4. The fourth-order valence-electron chi connectivity index (χ4n) is 6.59. The van der Waals surface area contributed by atoms with Gasteiger partial charge in [0.15, 0.2) is 16.6 Å². The first-order chi connectivity index (χ1) is 19.7. The van der Waals surface area contributed by atoms with E-state index >= 15 is 0 Å². The molecule has 2 aromatic heterocycles. The fraction of sp³-hybridized carbons (Fsp3) is 0.333. The number of pyridine rings is 2. The van der Waals surface area contributed by atoms with Gasteiger partial charge in [-0.1, -0.05) is 24.3 Å². The highest BCUT2D eigenvalue weighted by Crippen LogP contribution is 2.60. The largest absolute Gasteiger partial charge is 0.478 e. The molecule has 3 aromatic rings. The molecule has 2 unspecified atom stereocenters. The molecule has 0 aliphatic carbocycles. The number of methoxy groups -OCH3 is 2. The molecule has 2 fully saturated rings. The predicted molar refractivity (Wildman–Crippen MR) is 144 cm³/mol. The van der Waals surface area contributed by atoms with Crippen molar-refractivity contribution in [2.75, 3.05) is 34.4 Å². The van der Waals surface area contributed by atoms with Gasteiger partial charge >= 0.3 is 17.9 Å². The Morgan fingerprint density at radius 2 is 1.34 bits per heavy atom. The van der Waals surface area contributed by atoms with Gasteiger partial charge in [0.05, 0.1) is 43.3 Å². The van der Waals surface area contributed by atoms with Crippen LogP contribution in [0.25, 0.3) is 0 Å². The molecule has 2 saturated heterocycles. The van der Waals surface area contributed by atoms with Crippen LogP contribution >= 0.6 is 0 Å². The van der Waals surface area contributed by atoms with Crippen LogP contribution in [0.1, 0.15) is 39.4 Å². The lowest BCUT2D eigenvalue weighted by molar-refractivity contribution is -0.204. The number of carbonyl (C=O) groups is 4. The number of carboxylic acids is 1. The highest BCUT2D eigenvalue weighted by atomic mass is 16.5. The summed E-state index contributed by atoms with van der Waals surface area (Å²) in [5.74, 6) is -3.23. The first kappa shape index (κ1) is 28.1. The van der Waals surface area contributed by atoms with Crippen LogP contribution in [0.2, 0.25) is 0 Å². The smallest absolute Gasteiger partial charge is 0.335 e. The number of hydrogen-bond donors (Lipinski definition) is 1. The quantitative estimate of drug-likeness (QED) is 0.338. The van der Waals surface area contributed by atoms with Crippen LogP contribution in [0.3, 0.4) is 0 Å². The third-order valence-corrected chi connectivity index (χ3v) is 8.15. The van der Waals surface area contributed by atoms with E-state index in [2.05, 4.69) is 9.97 Å². The lowest BCUT2D eigenvalue weighted by atomic mass is 9.54. The van der Waals surface area contributed by atoms with Gasteiger partial charge in [0.25, 0.3) is 0 Å². The molecule has 4 atom stereocenters. The van der Waals surface area contributed by atoms with Crippen molar-refractivity contribution in [3.63, 3.8) is 0 Å². The van der Waals surface area contributed by atoms with Crippen molar-refractivity contribution < 1.29 is 33.8 Å². The summed E-state index contributed by atoms with van der Waals surface area (Å²) in [6.07, 6.45) is 3.17. The van der Waals surface area contributed by atoms with Crippen molar-refractivity contribution in [3.05, 3.63) is 95.6 Å². The van der Waals surface area contributed by atoms with Gasteiger partial charge in [-0.2, -0.15) is 0 Å². The minimum atomic E-state index is -1.85. The molecule has 1 N–H and O–H groups in total. The SMILES string of the molecule is COC(=O)[C@@]12CN(Cc3ccc(C(=O)O)cc3)C[C@@](C(=O)OC)(C1=O)C(c1ccccn1)N(C)C2c1ccccn1. The molecule has 0 amide bonds. The number of nitrogens with zero attached hydrogens (tertiary/aromatic N) is 4. The number of carboxylic acid groups (broad SMARTS) is 1. The maximum Gasteiger partial charge on any atom is 0.335 e. The molecule has 11 heteroatoms. The molecular formula is C30H30N4O7. The monoisotopic (exact) mass is 558 g/mol. The Morgan fingerprint density at radius 1 is 0.854 bits per heavy atom. The van der Waals surface area contributed by atoms with Gasteiger partial charge in [-0.25, -0.2) is 4.79 Å². The Bertz CT molecular complexity index is 1390. The van der Waals surface area contributed by atoms with Crippen LogP contribution in [0.15, 0.2) is 73.1 Å². The van der Waals surface area contributed by atoms with Crippen LogP contribution < -0.4 is 0 Å². The summed E-state index contributed by atoms with van der Waals surface area (Å²) in [7, 11) is 4.18. The number of carbonyl (C=O) groups excluding carboxylic acids is 3. The van der Waals surface area contributed by atoms with E-state index in [1.807, 2.05) is 9.80 Å². The number of ether oxygens (including phenoxy) is 2. The third kappa shape index (κ3) is 4.37. The van der Waals surface area contributed by atoms with E-state index in [-0.39, 0.29) is 25.2 Å². The summed E-state index contributed by atoms with van der Waals surface area (Å²) in [6.45, 7) is 0.0785. The van der Waals surface area contributed by atoms with E-state index < -0.39 is 46.6 Å². The van der Waals surface area contributed by atoms with Crippen LogP contribution in [0, 0.1) is 10.8 Å². The zero-order chi connectivity index (χ0) is 29.4. The van der Waals surface area contributed by atoms with Crippen LogP contribution in [-0.4, -0.2) is 82.9 Å². The van der Waals surface area contributed by atoms with Gasteiger partial charge in [0.2, 0.25) is 0 Å². The molecule has 2 aliphatic rings. The van der Waals surface area contributed by atoms with Crippen LogP contribution in [0.5, 0.6) is 0 Å². The Labute approximate surface area is 236 Å². The number of likely N-dealkylation sites (tertiary alicyclic amines) is 2. The van der Waals surface area contributed by atoms with Gasteiger partial charge in [-0.3, -0.25) is 34.2 Å². The molecule has 1 aromatic carbocycles. The second kappa shape index (κ2) is 10.8. The number of aromatic nitrogens is 2. The Balaban J connectivity index is 1.75. The van der Waals surface area contributed by atoms with E-state index in [1.165, 1.54) is 26.4 Å². The number of fused-ring (bicyclic) bond motifs is 2. The molecular weight excluding hydrogens is 528 g/mol. The summed E-state index contributed by atoms with van der Waals surface area (Å²) in [5.41, 5.74) is -1.92. The van der Waals surface area contributed by atoms with E-state index in [0.29, 0.717) is 11.4 Å². The van der Waals surface area contributed by atoms with Gasteiger partial charge < -0.3 is 14.6 Å². The van der Waals surface area contributed by atoms with E-state index in [4.69, 9.17) is 9.47 Å². The number of hydrogen-bond acceptors (Lipinski definition) is 10. The molecule has 2 aliphatic heterocycles. The Morgan fingerprint density at radius 3 is 1.73 bits per heavy atom. The topological polar surface area (TPSA) is 139 Å². The summed E-state index contributed by atoms with van der Waals surface area (Å²) < 4.78 is 10.6. The van der Waals surface area contributed by atoms with Crippen molar-refractivity contribution in [3.8, 4) is 0 Å². The molecule has 0 saturated carbocycles. The first-order valence-corrected chi connectivity index (χ1v) is 13.0. The maximum atomic E-state index is 14.9. The normalized spacial score (nSPS) is 26.3. The zero-order valence-corrected chi connectivity index (χ0v) is 22.9. The minimum Gasteiger partial charge on any atom is -0.478 e. The lowest BCUT2D eigenvalue weighted by Gasteiger charge is -2.60. The van der Waals surface area contributed by atoms with Crippen molar-refractivity contribution >= 4 is 23.7 Å². The number of benzene rings is 1. The molecule has 0 radical (unpaired) electrons. The number of rotatable bonds is 7. The molecule has 4 heterocycles. The van der Waals surface area contributed by atoms with E-state index in [0.717, 1.165) is 5.56 Å². The molecule has 5 rings (SSSR count). The van der Waals surface area contributed by atoms with Crippen LogP contribution in [-0.2, 0) is 30.4 Å². The van der Waals surface area contributed by atoms with Gasteiger partial charge in [0, 0.05) is 32.0 Å². The summed E-state index contributed by atoms with van der Waals surface area (Å²) >= 11 is 0. The van der Waals surface area contributed by atoms with Crippen molar-refractivity contribution in [2.45, 2.75) is 18.6 Å². The number of ketones is 1. The number of esters is 2. The third-order valence-electron chi connectivity index (χ3n) is 8.15. The standard InChI is InChI=1S/C30H30N4O7/c1-33-23(21-8-4-6-14-31-21)29(27(38)40-2)17-34(16-19-10-12-20(13-11-19)25(35)36)18-30(26(29)37,28(39)41-3)24(33)22-9-5-7-15-32-22/h4-15,23-24H,16-18H2,1-3H3,(H,35,36)/t23?,24?,29-,30+. The van der Waals surface area contributed by atoms with E-state index in [9.17, 15) is 24.3 Å². The predicted octanol–water partition coefficient (Wildman–Crippen LogP) is 2.31. The number of piperidine rings is 2. The van der Waals surface area contributed by atoms with Gasteiger partial charge in [0.1, 0.15) is 0 Å². The molecule has 0 spiro atoms. The average molecular weight is 559 g/mol. The van der Waals surface area contributed by atoms with Crippen molar-refractivity contribution in [1.29, 1.82) is 0 Å². The molecule has 2 bridgehead atoms. The molecule has 11 nitrogen and oxygen atoms in total. The van der Waals surface area contributed by atoms with Crippen molar-refractivity contribution in [2.24, 2.45) is 10.8 Å². The average Bonchev–Trinajstić information content (AvgIpc) is 2.99. The highest BCUT2D eigenvalue weighted by molar-refractivity contribution is 6.17. The second-order valence-corrected chi connectivity index (χ2v) is 10.4. The van der Waals surface area contributed by atoms with Crippen LogP contribution in [0.4, 0.5) is 0 Å². The van der Waals surface area contributed by atoms with Crippen molar-refractivity contribution in [1.82, 2.24) is 19.8 Å². The summed E-state index contributed by atoms with van der Waals surface area (Å²) in [4.78, 5) is 66.8. The minimum absolute atomic E-state index is 0.0710.